The predicted molar refractivity (Wildman–Crippen MR) is 111 cm³/mol. The van der Waals surface area contributed by atoms with E-state index in [0.717, 1.165) is 30.5 Å². The van der Waals surface area contributed by atoms with E-state index in [1.54, 1.807) is 0 Å². The summed E-state index contributed by atoms with van der Waals surface area (Å²) in [6.07, 6.45) is 1.96. The Labute approximate surface area is 168 Å². The number of hydrogen-bond donors (Lipinski definition) is 4. The minimum atomic E-state index is -0.974. The van der Waals surface area contributed by atoms with E-state index < -0.39 is 17.1 Å². The molecule has 0 fully saturated rings. The molecule has 0 aliphatic heterocycles. The Morgan fingerprint density at radius 1 is 1.28 bits per heavy atom. The third-order valence-electron chi connectivity index (χ3n) is 5.80. The Hall–Kier alpha value is -2.74. The van der Waals surface area contributed by atoms with Crippen LogP contribution in [0.5, 0.6) is 0 Å². The number of aliphatic hydroxyl groups excluding tert-OH is 2. The molecule has 3 unspecified atom stereocenters. The molecule has 2 aromatic carbocycles. The Morgan fingerprint density at radius 3 is 2.72 bits per heavy atom. The molecule has 29 heavy (non-hydrogen) atoms. The van der Waals surface area contributed by atoms with Crippen molar-refractivity contribution in [2.75, 3.05) is 6.61 Å². The number of aliphatic hydroxyl groups is 2. The maximum absolute atomic E-state index is 10.8. The van der Waals surface area contributed by atoms with Crippen LogP contribution in [-0.4, -0.2) is 32.8 Å². The Balaban J connectivity index is 1.58. The van der Waals surface area contributed by atoms with Crippen LogP contribution in [0.25, 0.3) is 10.9 Å². The second-order valence-corrected chi connectivity index (χ2v) is 7.76. The molecule has 0 saturated carbocycles. The van der Waals surface area contributed by atoms with Gasteiger partial charge in [-0.15, -0.1) is 0 Å². The first-order valence-corrected chi connectivity index (χ1v) is 9.88. The van der Waals surface area contributed by atoms with Crippen molar-refractivity contribution >= 4 is 16.6 Å². The maximum Gasteiger partial charge on any atom is 0.269 e. The molecule has 0 saturated heterocycles. The van der Waals surface area contributed by atoms with Gasteiger partial charge < -0.3 is 20.5 Å². The molecular formula is C22H25N3O4. The van der Waals surface area contributed by atoms with Crippen LogP contribution in [0.15, 0.2) is 42.5 Å². The average Bonchev–Trinajstić information content (AvgIpc) is 3.10. The van der Waals surface area contributed by atoms with Crippen LogP contribution in [0, 0.1) is 17.0 Å². The van der Waals surface area contributed by atoms with E-state index in [-0.39, 0.29) is 18.3 Å². The van der Waals surface area contributed by atoms with Crippen LogP contribution >= 0.6 is 0 Å². The van der Waals surface area contributed by atoms with Gasteiger partial charge in [0, 0.05) is 34.8 Å². The molecule has 1 aliphatic carbocycles. The van der Waals surface area contributed by atoms with Crippen LogP contribution in [0.3, 0.4) is 0 Å². The lowest BCUT2D eigenvalue weighted by Gasteiger charge is -2.30. The van der Waals surface area contributed by atoms with Crippen molar-refractivity contribution in [1.82, 2.24) is 10.3 Å². The lowest BCUT2D eigenvalue weighted by molar-refractivity contribution is -0.384. The molecule has 1 heterocycles. The number of nitro benzene ring substituents is 1. The van der Waals surface area contributed by atoms with E-state index >= 15 is 0 Å². The Morgan fingerprint density at radius 2 is 2.03 bits per heavy atom. The zero-order chi connectivity index (χ0) is 20.5. The number of non-ortho nitro benzene ring substituents is 1. The molecule has 0 amide bonds. The number of rotatable bonds is 6. The van der Waals surface area contributed by atoms with Crippen LogP contribution in [0.1, 0.15) is 47.4 Å². The van der Waals surface area contributed by atoms with Gasteiger partial charge in [-0.3, -0.25) is 10.1 Å². The monoisotopic (exact) mass is 395 g/mol. The number of H-pyrrole nitrogens is 1. The van der Waals surface area contributed by atoms with Crippen molar-refractivity contribution in [2.45, 2.75) is 44.4 Å². The molecule has 1 aliphatic rings. The van der Waals surface area contributed by atoms with Gasteiger partial charge in [-0.2, -0.15) is 0 Å². The largest absolute Gasteiger partial charge is 0.395 e. The number of aromatic nitrogens is 1. The summed E-state index contributed by atoms with van der Waals surface area (Å²) in [5.41, 5.74) is 5.24. The fourth-order valence-corrected chi connectivity index (χ4v) is 4.27. The highest BCUT2D eigenvalue weighted by Crippen LogP contribution is 2.36. The number of nitrogens with one attached hydrogen (secondary N) is 2. The molecule has 4 N–H and O–H groups in total. The topological polar surface area (TPSA) is 111 Å². The summed E-state index contributed by atoms with van der Waals surface area (Å²) in [6, 6.07) is 11.6. The van der Waals surface area contributed by atoms with Gasteiger partial charge in [0.1, 0.15) is 0 Å². The minimum absolute atomic E-state index is 0.00342. The van der Waals surface area contributed by atoms with E-state index in [2.05, 4.69) is 35.4 Å². The van der Waals surface area contributed by atoms with Crippen LogP contribution < -0.4 is 5.32 Å². The van der Waals surface area contributed by atoms with Crippen LogP contribution in [0.2, 0.25) is 0 Å². The number of nitrogens with zero attached hydrogens (tertiary/aromatic N) is 1. The lowest BCUT2D eigenvalue weighted by Crippen LogP contribution is -2.41. The summed E-state index contributed by atoms with van der Waals surface area (Å²) in [4.78, 5) is 13.9. The molecule has 3 atom stereocenters. The first-order valence-electron chi connectivity index (χ1n) is 9.88. The van der Waals surface area contributed by atoms with E-state index in [0.29, 0.717) is 5.56 Å². The molecule has 4 rings (SSSR count). The zero-order valence-corrected chi connectivity index (χ0v) is 16.3. The Bertz CT molecular complexity index is 1030. The molecule has 1 aromatic heterocycles. The third-order valence-corrected chi connectivity index (χ3v) is 5.80. The van der Waals surface area contributed by atoms with Crippen molar-refractivity contribution in [2.24, 2.45) is 0 Å². The number of aryl methyl sites for hydroxylation is 2. The summed E-state index contributed by atoms with van der Waals surface area (Å²) in [5, 5.41) is 36.2. The predicted octanol–water partition coefficient (Wildman–Crippen LogP) is 3.45. The number of aromatic amines is 1. The minimum Gasteiger partial charge on any atom is -0.395 e. The molecule has 0 bridgehead atoms. The fourth-order valence-electron chi connectivity index (χ4n) is 4.27. The second-order valence-electron chi connectivity index (χ2n) is 7.76. The molecule has 152 valence electrons. The van der Waals surface area contributed by atoms with Crippen molar-refractivity contribution in [3.05, 3.63) is 75.0 Å². The van der Waals surface area contributed by atoms with Gasteiger partial charge in [0.2, 0.25) is 0 Å². The van der Waals surface area contributed by atoms with Gasteiger partial charge >= 0.3 is 0 Å². The van der Waals surface area contributed by atoms with Crippen molar-refractivity contribution in [3.63, 3.8) is 0 Å². The normalized spacial score (nSPS) is 18.4. The maximum atomic E-state index is 10.8. The van der Waals surface area contributed by atoms with Crippen molar-refractivity contribution < 1.29 is 15.1 Å². The Kier molecular flexibility index (Phi) is 5.36. The molecular weight excluding hydrogens is 370 g/mol. The van der Waals surface area contributed by atoms with Crippen LogP contribution in [0.4, 0.5) is 5.69 Å². The van der Waals surface area contributed by atoms with Crippen molar-refractivity contribution in [1.29, 1.82) is 0 Å². The number of hydrogen-bond acceptors (Lipinski definition) is 5. The number of benzene rings is 2. The van der Waals surface area contributed by atoms with Gasteiger partial charge in [-0.05, 0) is 61.6 Å². The van der Waals surface area contributed by atoms with E-state index in [1.165, 1.54) is 40.8 Å². The molecule has 0 spiro atoms. The summed E-state index contributed by atoms with van der Waals surface area (Å²) in [5.74, 6) is 0. The standard InChI is InChI=1S/C22H25N3O4/c1-13-5-10-18-17(11-13)16-3-2-4-19(21(16)24-18)23-20(12-26)22(27)14-6-8-15(9-7-14)25(28)29/h5-11,19-20,22-24,26-27H,2-4,12H2,1H3. The molecule has 7 nitrogen and oxygen atoms in total. The highest BCUT2D eigenvalue weighted by molar-refractivity contribution is 5.85. The van der Waals surface area contributed by atoms with Crippen molar-refractivity contribution in [3.8, 4) is 0 Å². The van der Waals surface area contributed by atoms with E-state index in [9.17, 15) is 20.3 Å². The van der Waals surface area contributed by atoms with E-state index in [1.807, 2.05) is 0 Å². The third kappa shape index (κ3) is 3.76. The van der Waals surface area contributed by atoms with E-state index in [4.69, 9.17) is 0 Å². The van der Waals surface area contributed by atoms with Crippen LogP contribution in [-0.2, 0) is 6.42 Å². The number of fused-ring (bicyclic) bond motifs is 3. The first kappa shape index (κ1) is 19.6. The smallest absolute Gasteiger partial charge is 0.269 e. The van der Waals surface area contributed by atoms with Gasteiger partial charge in [0.15, 0.2) is 0 Å². The molecule has 0 radical (unpaired) electrons. The van der Waals surface area contributed by atoms with Gasteiger partial charge in [0.05, 0.1) is 23.7 Å². The quantitative estimate of drug-likeness (QED) is 0.377. The number of nitro groups is 1. The van der Waals surface area contributed by atoms with Gasteiger partial charge in [-0.1, -0.05) is 11.6 Å². The summed E-state index contributed by atoms with van der Waals surface area (Å²) in [7, 11) is 0. The molecule has 3 aromatic rings. The average molecular weight is 395 g/mol. The first-order chi connectivity index (χ1) is 14.0. The summed E-state index contributed by atoms with van der Waals surface area (Å²) >= 11 is 0. The SMILES string of the molecule is Cc1ccc2[nH]c3c(c2c1)CCCC3NC(CO)C(O)c1ccc([N+](=O)[O-])cc1. The fraction of sp³-hybridized carbons (Fsp3) is 0.364. The van der Waals surface area contributed by atoms with Gasteiger partial charge in [0.25, 0.3) is 5.69 Å². The summed E-state index contributed by atoms with van der Waals surface area (Å²) in [6.45, 7) is 1.84. The second kappa shape index (κ2) is 7.94. The zero-order valence-electron chi connectivity index (χ0n) is 16.3. The van der Waals surface area contributed by atoms with Gasteiger partial charge in [-0.25, -0.2) is 0 Å². The highest BCUT2D eigenvalue weighted by atomic mass is 16.6. The summed E-state index contributed by atoms with van der Waals surface area (Å²) < 4.78 is 0. The lowest BCUT2D eigenvalue weighted by atomic mass is 9.90. The highest BCUT2D eigenvalue weighted by Gasteiger charge is 2.29. The molecule has 7 heteroatoms.